The Labute approximate surface area is 215 Å². The zero-order valence-electron chi connectivity index (χ0n) is 20.3. The average molecular weight is 516 g/mol. The number of rotatable bonds is 8. The number of carbonyl (C=O) groups is 1. The molecule has 0 unspecified atom stereocenters. The summed E-state index contributed by atoms with van der Waals surface area (Å²) in [7, 11) is 0. The van der Waals surface area contributed by atoms with Gasteiger partial charge in [-0.25, -0.2) is 4.98 Å². The molecule has 0 aliphatic carbocycles. The lowest BCUT2D eigenvalue weighted by Gasteiger charge is -2.33. The molecule has 1 aliphatic rings. The lowest BCUT2D eigenvalue weighted by atomic mass is 9.85. The average Bonchev–Trinajstić information content (AvgIpc) is 3.26. The number of hydrogen-bond acceptors (Lipinski definition) is 6. The summed E-state index contributed by atoms with van der Waals surface area (Å²) < 4.78 is 0. The molecule has 2 aromatic heterocycles. The van der Waals surface area contributed by atoms with E-state index in [2.05, 4.69) is 56.8 Å². The van der Waals surface area contributed by atoms with E-state index >= 15 is 0 Å². The number of aromatic amines is 1. The number of nitrogens with one attached hydrogen (secondary N) is 3. The van der Waals surface area contributed by atoms with Crippen LogP contribution in [0.4, 0.5) is 23.3 Å². The van der Waals surface area contributed by atoms with E-state index in [4.69, 9.17) is 23.2 Å². The highest BCUT2D eigenvalue weighted by Crippen LogP contribution is 2.34. The fourth-order valence-corrected chi connectivity index (χ4v) is 4.74. The van der Waals surface area contributed by atoms with Gasteiger partial charge in [0.15, 0.2) is 11.6 Å². The first-order valence-electron chi connectivity index (χ1n) is 11.9. The Morgan fingerprint density at radius 2 is 1.91 bits per heavy atom. The summed E-state index contributed by atoms with van der Waals surface area (Å²) in [6.07, 6.45) is 4.80. The van der Waals surface area contributed by atoms with Gasteiger partial charge in [-0.15, -0.1) is 11.6 Å². The Bertz CT molecular complexity index is 1190. The first-order chi connectivity index (χ1) is 16.8. The molecule has 1 aliphatic heterocycles. The van der Waals surface area contributed by atoms with Crippen LogP contribution in [0.1, 0.15) is 54.0 Å². The second-order valence-electron chi connectivity index (χ2n) is 9.05. The van der Waals surface area contributed by atoms with Crippen molar-refractivity contribution in [3.8, 4) is 0 Å². The number of benzene rings is 1. The van der Waals surface area contributed by atoms with Crippen LogP contribution in [0.15, 0.2) is 24.4 Å². The fraction of sp³-hybridized carbons (Fsp3) is 0.440. The Morgan fingerprint density at radius 3 is 2.60 bits per heavy atom. The van der Waals surface area contributed by atoms with Gasteiger partial charge < -0.3 is 15.5 Å². The number of piperidine rings is 1. The monoisotopic (exact) mass is 515 g/mol. The molecule has 10 heteroatoms. The molecule has 0 radical (unpaired) electrons. The molecule has 3 heterocycles. The van der Waals surface area contributed by atoms with Gasteiger partial charge in [-0.3, -0.25) is 9.89 Å². The maximum absolute atomic E-state index is 12.3. The van der Waals surface area contributed by atoms with Crippen molar-refractivity contribution in [2.75, 3.05) is 29.6 Å². The Balaban J connectivity index is 1.44. The summed E-state index contributed by atoms with van der Waals surface area (Å²) in [4.78, 5) is 23.2. The highest BCUT2D eigenvalue weighted by atomic mass is 35.5. The van der Waals surface area contributed by atoms with Crippen molar-refractivity contribution in [2.45, 2.75) is 52.4 Å². The minimum Gasteiger partial charge on any atom is -0.343 e. The number of anilines is 4. The maximum Gasteiger partial charge on any atom is 0.229 e. The number of amides is 1. The number of aryl methyl sites for hydroxylation is 3. The zero-order valence-corrected chi connectivity index (χ0v) is 21.8. The molecule has 1 fully saturated rings. The smallest absolute Gasteiger partial charge is 0.229 e. The molecule has 0 bridgehead atoms. The summed E-state index contributed by atoms with van der Waals surface area (Å²) in [6, 6.07) is 6.26. The van der Waals surface area contributed by atoms with E-state index in [9.17, 15) is 4.79 Å². The van der Waals surface area contributed by atoms with Gasteiger partial charge in [0, 0.05) is 42.8 Å². The van der Waals surface area contributed by atoms with Crippen LogP contribution in [0.5, 0.6) is 0 Å². The normalized spacial score (nSPS) is 14.3. The highest BCUT2D eigenvalue weighted by molar-refractivity contribution is 6.32. The minimum absolute atomic E-state index is 0.218. The number of H-pyrrole nitrogens is 1. The SMILES string of the molecule is Cc1cc(Nc2nc(Nc3cc(C)c(C4CCN(C(=O)CCCCl)CC4)cc3C)ncc2Cl)n[nH]1. The van der Waals surface area contributed by atoms with Crippen molar-refractivity contribution < 1.29 is 4.79 Å². The maximum atomic E-state index is 12.3. The number of hydrogen-bond donors (Lipinski definition) is 3. The van der Waals surface area contributed by atoms with Crippen LogP contribution in [0.2, 0.25) is 5.02 Å². The molecule has 0 spiro atoms. The van der Waals surface area contributed by atoms with Crippen LogP contribution in [-0.2, 0) is 4.79 Å². The van der Waals surface area contributed by atoms with E-state index in [1.54, 1.807) is 6.20 Å². The van der Waals surface area contributed by atoms with Crippen LogP contribution in [0, 0.1) is 20.8 Å². The second-order valence-corrected chi connectivity index (χ2v) is 9.83. The van der Waals surface area contributed by atoms with Gasteiger partial charge in [-0.2, -0.15) is 10.1 Å². The molecule has 3 aromatic rings. The van der Waals surface area contributed by atoms with Crippen LogP contribution >= 0.6 is 23.2 Å². The number of carbonyl (C=O) groups excluding carboxylic acids is 1. The fourth-order valence-electron chi connectivity index (χ4n) is 4.47. The molecule has 0 atom stereocenters. The first-order valence-corrected chi connectivity index (χ1v) is 12.8. The van der Waals surface area contributed by atoms with E-state index < -0.39 is 0 Å². The van der Waals surface area contributed by atoms with E-state index in [1.807, 2.05) is 17.9 Å². The highest BCUT2D eigenvalue weighted by Gasteiger charge is 2.25. The summed E-state index contributed by atoms with van der Waals surface area (Å²) in [5, 5.41) is 13.9. The van der Waals surface area contributed by atoms with Crippen molar-refractivity contribution in [3.05, 3.63) is 51.8 Å². The van der Waals surface area contributed by atoms with Crippen LogP contribution < -0.4 is 10.6 Å². The Morgan fingerprint density at radius 1 is 1.14 bits per heavy atom. The third kappa shape index (κ3) is 6.24. The second kappa shape index (κ2) is 11.3. The molecule has 1 saturated heterocycles. The molecular formula is C25H31Cl2N7O. The number of likely N-dealkylation sites (tertiary alicyclic amines) is 1. The molecule has 8 nitrogen and oxygen atoms in total. The topological polar surface area (TPSA) is 98.8 Å². The van der Waals surface area contributed by atoms with Crippen molar-refractivity contribution >= 4 is 52.4 Å². The molecule has 1 amide bonds. The van der Waals surface area contributed by atoms with Crippen molar-refractivity contribution in [1.29, 1.82) is 0 Å². The zero-order chi connectivity index (χ0) is 24.9. The van der Waals surface area contributed by atoms with E-state index in [1.165, 1.54) is 11.1 Å². The molecule has 0 saturated carbocycles. The summed E-state index contributed by atoms with van der Waals surface area (Å²) in [5.74, 6) is 2.76. The lowest BCUT2D eigenvalue weighted by Crippen LogP contribution is -2.38. The van der Waals surface area contributed by atoms with Crippen LogP contribution in [-0.4, -0.2) is 49.9 Å². The van der Waals surface area contributed by atoms with Crippen molar-refractivity contribution in [3.63, 3.8) is 0 Å². The molecule has 186 valence electrons. The van der Waals surface area contributed by atoms with Crippen molar-refractivity contribution in [1.82, 2.24) is 25.1 Å². The molecule has 3 N–H and O–H groups in total. The number of aromatic nitrogens is 4. The van der Waals surface area contributed by atoms with Crippen molar-refractivity contribution in [2.24, 2.45) is 0 Å². The van der Waals surface area contributed by atoms with E-state index in [0.717, 1.165) is 49.3 Å². The third-order valence-electron chi connectivity index (χ3n) is 6.37. The largest absolute Gasteiger partial charge is 0.343 e. The number of halogens is 2. The van der Waals surface area contributed by atoms with Crippen LogP contribution in [0.3, 0.4) is 0 Å². The summed E-state index contributed by atoms with van der Waals surface area (Å²) in [5.41, 5.74) is 5.55. The van der Waals surface area contributed by atoms with Gasteiger partial charge in [0.05, 0.1) is 6.20 Å². The van der Waals surface area contributed by atoms with Crippen LogP contribution in [0.25, 0.3) is 0 Å². The minimum atomic E-state index is 0.218. The lowest BCUT2D eigenvalue weighted by molar-refractivity contribution is -0.132. The third-order valence-corrected chi connectivity index (χ3v) is 6.91. The molecular weight excluding hydrogens is 485 g/mol. The molecule has 1 aromatic carbocycles. The van der Waals surface area contributed by atoms with E-state index in [0.29, 0.717) is 40.8 Å². The summed E-state index contributed by atoms with van der Waals surface area (Å²) in [6.45, 7) is 7.74. The van der Waals surface area contributed by atoms with Gasteiger partial charge in [-0.05, 0) is 68.7 Å². The number of alkyl halides is 1. The van der Waals surface area contributed by atoms with Gasteiger partial charge in [0.2, 0.25) is 11.9 Å². The first kappa shape index (κ1) is 25.3. The number of nitrogens with zero attached hydrogens (tertiary/aromatic N) is 4. The standard InChI is InChI=1S/C25H31Cl2N7O/c1-15-12-21(29-25-28-14-20(27)24(31-25)30-22-13-17(3)32-33-22)16(2)11-19(15)18-6-9-34(10-7-18)23(35)5-4-8-26/h11-14,18H,4-10H2,1-3H3,(H3,28,29,30,31,32,33). The molecule has 35 heavy (non-hydrogen) atoms. The predicted molar refractivity (Wildman–Crippen MR) is 141 cm³/mol. The van der Waals surface area contributed by atoms with Gasteiger partial charge in [0.25, 0.3) is 0 Å². The Kier molecular flexibility index (Phi) is 8.13. The predicted octanol–water partition coefficient (Wildman–Crippen LogP) is 5.99. The summed E-state index contributed by atoms with van der Waals surface area (Å²) >= 11 is 12.0. The molecule has 4 rings (SSSR count). The Hall–Kier alpha value is -2.84. The quantitative estimate of drug-likeness (QED) is 0.318. The van der Waals surface area contributed by atoms with Gasteiger partial charge in [0.1, 0.15) is 5.02 Å². The van der Waals surface area contributed by atoms with Gasteiger partial charge >= 0.3 is 0 Å². The van der Waals surface area contributed by atoms with E-state index in [-0.39, 0.29) is 5.91 Å². The van der Waals surface area contributed by atoms with Gasteiger partial charge in [-0.1, -0.05) is 17.7 Å².